The number of furan rings is 1. The maximum atomic E-state index is 12.6. The Morgan fingerprint density at radius 2 is 2.09 bits per heavy atom. The fraction of sp³-hybridized carbons (Fsp3) is 0.556. The van der Waals surface area contributed by atoms with Crippen molar-refractivity contribution in [3.8, 4) is 0 Å². The van der Waals surface area contributed by atoms with Crippen LogP contribution in [0.25, 0.3) is 0 Å². The highest BCUT2D eigenvalue weighted by atomic mass is 16.3. The molecule has 0 saturated heterocycles. The molecule has 126 valence electrons. The van der Waals surface area contributed by atoms with Crippen LogP contribution in [0.5, 0.6) is 0 Å². The molecule has 1 amide bonds. The summed E-state index contributed by atoms with van der Waals surface area (Å²) in [6.07, 6.45) is 2.02. The molecule has 1 atom stereocenters. The summed E-state index contributed by atoms with van der Waals surface area (Å²) in [4.78, 5) is 26.6. The summed E-state index contributed by atoms with van der Waals surface area (Å²) in [5.74, 6) is 0.300. The summed E-state index contributed by atoms with van der Waals surface area (Å²) in [5, 5.41) is 10.3. The zero-order valence-electron chi connectivity index (χ0n) is 14.3. The lowest BCUT2D eigenvalue weighted by molar-refractivity contribution is -0.129. The van der Waals surface area contributed by atoms with Gasteiger partial charge in [0.05, 0.1) is 5.57 Å². The first-order chi connectivity index (χ1) is 10.9. The second-order valence-corrected chi connectivity index (χ2v) is 6.49. The Morgan fingerprint density at radius 3 is 2.61 bits per heavy atom. The molecular weight excluding hydrogens is 294 g/mol. The number of aliphatic hydroxyl groups is 1. The van der Waals surface area contributed by atoms with E-state index in [0.29, 0.717) is 24.5 Å². The number of Topliss-reactive ketones (excluding diaryl/α,β-unsaturated/α-hetero) is 1. The molecule has 0 fully saturated rings. The largest absolute Gasteiger partial charge is 0.503 e. The van der Waals surface area contributed by atoms with E-state index in [4.69, 9.17) is 4.42 Å². The Kier molecular flexibility index (Phi) is 5.29. The lowest BCUT2D eigenvalue weighted by Gasteiger charge is -2.24. The fourth-order valence-corrected chi connectivity index (χ4v) is 2.87. The molecule has 1 aliphatic heterocycles. The van der Waals surface area contributed by atoms with Crippen LogP contribution < -0.4 is 0 Å². The molecular formula is C18H25NO4. The lowest BCUT2D eigenvalue weighted by atomic mass is 9.95. The van der Waals surface area contributed by atoms with Crippen molar-refractivity contribution in [3.63, 3.8) is 0 Å². The Hall–Kier alpha value is -2.04. The number of nitrogens with zero attached hydrogens (tertiary/aromatic N) is 1. The number of ketones is 1. The molecule has 1 aromatic heterocycles. The number of amides is 1. The van der Waals surface area contributed by atoms with Gasteiger partial charge in [0, 0.05) is 13.0 Å². The van der Waals surface area contributed by atoms with E-state index in [1.165, 1.54) is 0 Å². The van der Waals surface area contributed by atoms with Crippen LogP contribution in [-0.2, 0) is 9.59 Å². The van der Waals surface area contributed by atoms with Gasteiger partial charge in [0.1, 0.15) is 17.6 Å². The van der Waals surface area contributed by atoms with Gasteiger partial charge in [-0.05, 0) is 31.4 Å². The summed E-state index contributed by atoms with van der Waals surface area (Å²) in [6, 6.07) is 2.96. The first kappa shape index (κ1) is 17.3. The molecule has 1 aliphatic rings. The van der Waals surface area contributed by atoms with Crippen LogP contribution in [0.3, 0.4) is 0 Å². The molecule has 0 saturated carbocycles. The normalized spacial score (nSPS) is 18.4. The van der Waals surface area contributed by atoms with E-state index < -0.39 is 17.7 Å². The Balaban J connectivity index is 2.42. The Bertz CT molecular complexity index is 627. The van der Waals surface area contributed by atoms with Gasteiger partial charge in [-0.3, -0.25) is 9.59 Å². The molecule has 2 heterocycles. The number of unbranched alkanes of at least 4 members (excludes halogenated alkanes) is 1. The molecule has 1 unspecified atom stereocenters. The number of hydrogen-bond donors (Lipinski definition) is 1. The van der Waals surface area contributed by atoms with Crippen molar-refractivity contribution in [1.82, 2.24) is 4.90 Å². The molecule has 0 aliphatic carbocycles. The third-order valence-corrected chi connectivity index (χ3v) is 3.98. The van der Waals surface area contributed by atoms with Crippen LogP contribution in [0, 0.1) is 12.8 Å². The molecule has 0 bridgehead atoms. The average Bonchev–Trinajstić information content (AvgIpc) is 2.99. The number of carbonyl (C=O) groups excluding carboxylic acids is 2. The van der Waals surface area contributed by atoms with Crippen molar-refractivity contribution >= 4 is 11.7 Å². The lowest BCUT2D eigenvalue weighted by Crippen LogP contribution is -2.32. The maximum Gasteiger partial charge on any atom is 0.290 e. The van der Waals surface area contributed by atoms with E-state index >= 15 is 0 Å². The number of rotatable bonds is 7. The average molecular weight is 319 g/mol. The quantitative estimate of drug-likeness (QED) is 0.832. The predicted octanol–water partition coefficient (Wildman–Crippen LogP) is 3.70. The summed E-state index contributed by atoms with van der Waals surface area (Å²) >= 11 is 0. The predicted molar refractivity (Wildman–Crippen MR) is 86.9 cm³/mol. The van der Waals surface area contributed by atoms with Gasteiger partial charge < -0.3 is 14.4 Å². The number of aryl methyl sites for hydroxylation is 1. The van der Waals surface area contributed by atoms with Crippen molar-refractivity contribution in [1.29, 1.82) is 0 Å². The molecule has 2 rings (SSSR count). The fourth-order valence-electron chi connectivity index (χ4n) is 2.87. The molecule has 0 aromatic carbocycles. The Morgan fingerprint density at radius 1 is 1.39 bits per heavy atom. The summed E-state index contributed by atoms with van der Waals surface area (Å²) < 4.78 is 5.67. The standard InChI is InChI=1S/C18H25NO4/c1-5-6-9-19-16(14-8-7-12(4)23-14)15(17(21)18(19)22)13(20)10-11(2)3/h7-8,11,16,21H,5-6,9-10H2,1-4H3. The van der Waals surface area contributed by atoms with Gasteiger partial charge >= 0.3 is 0 Å². The molecule has 5 nitrogen and oxygen atoms in total. The van der Waals surface area contributed by atoms with E-state index in [1.807, 2.05) is 27.7 Å². The van der Waals surface area contributed by atoms with E-state index in [-0.39, 0.29) is 17.3 Å². The first-order valence-corrected chi connectivity index (χ1v) is 8.20. The van der Waals surface area contributed by atoms with Crippen molar-refractivity contribution < 1.29 is 19.1 Å². The van der Waals surface area contributed by atoms with Crippen molar-refractivity contribution in [2.45, 2.75) is 53.0 Å². The van der Waals surface area contributed by atoms with E-state index in [2.05, 4.69) is 0 Å². The third kappa shape index (κ3) is 3.49. The summed E-state index contributed by atoms with van der Waals surface area (Å²) in [7, 11) is 0. The summed E-state index contributed by atoms with van der Waals surface area (Å²) in [6.45, 7) is 8.21. The van der Waals surface area contributed by atoms with Crippen LogP contribution in [0.15, 0.2) is 27.9 Å². The second kappa shape index (κ2) is 7.02. The highest BCUT2D eigenvalue weighted by molar-refractivity contribution is 6.08. The zero-order valence-corrected chi connectivity index (χ0v) is 14.3. The highest BCUT2D eigenvalue weighted by Gasteiger charge is 2.44. The van der Waals surface area contributed by atoms with Crippen molar-refractivity contribution in [2.75, 3.05) is 6.54 Å². The molecule has 23 heavy (non-hydrogen) atoms. The maximum absolute atomic E-state index is 12.6. The molecule has 1 aromatic rings. The molecule has 0 radical (unpaired) electrons. The van der Waals surface area contributed by atoms with E-state index in [9.17, 15) is 14.7 Å². The van der Waals surface area contributed by atoms with Crippen LogP contribution in [0.1, 0.15) is 57.6 Å². The van der Waals surface area contributed by atoms with Crippen LogP contribution in [-0.4, -0.2) is 28.2 Å². The SMILES string of the molecule is CCCCN1C(=O)C(O)=C(C(=O)CC(C)C)C1c1ccc(C)o1. The van der Waals surface area contributed by atoms with Gasteiger partial charge in [-0.25, -0.2) is 0 Å². The second-order valence-electron chi connectivity index (χ2n) is 6.49. The van der Waals surface area contributed by atoms with Gasteiger partial charge in [-0.2, -0.15) is 0 Å². The minimum absolute atomic E-state index is 0.154. The zero-order chi connectivity index (χ0) is 17.1. The summed E-state index contributed by atoms with van der Waals surface area (Å²) in [5.41, 5.74) is 0.175. The number of aliphatic hydroxyl groups excluding tert-OH is 1. The minimum Gasteiger partial charge on any atom is -0.503 e. The van der Waals surface area contributed by atoms with Gasteiger partial charge in [0.15, 0.2) is 11.5 Å². The number of hydrogen-bond acceptors (Lipinski definition) is 4. The van der Waals surface area contributed by atoms with E-state index in [1.54, 1.807) is 17.0 Å². The highest BCUT2D eigenvalue weighted by Crippen LogP contribution is 2.39. The first-order valence-electron chi connectivity index (χ1n) is 8.20. The van der Waals surface area contributed by atoms with E-state index in [0.717, 1.165) is 12.8 Å². The van der Waals surface area contributed by atoms with Gasteiger partial charge in [-0.15, -0.1) is 0 Å². The van der Waals surface area contributed by atoms with Crippen molar-refractivity contribution in [2.24, 2.45) is 5.92 Å². The Labute approximate surface area is 137 Å². The molecule has 0 spiro atoms. The topological polar surface area (TPSA) is 70.8 Å². The smallest absolute Gasteiger partial charge is 0.290 e. The van der Waals surface area contributed by atoms with Crippen LogP contribution in [0.4, 0.5) is 0 Å². The molecule has 1 N–H and O–H groups in total. The van der Waals surface area contributed by atoms with Gasteiger partial charge in [0.25, 0.3) is 5.91 Å². The van der Waals surface area contributed by atoms with Crippen molar-refractivity contribution in [3.05, 3.63) is 35.0 Å². The molecule has 5 heteroatoms. The van der Waals surface area contributed by atoms with Crippen LogP contribution >= 0.6 is 0 Å². The monoisotopic (exact) mass is 319 g/mol. The third-order valence-electron chi connectivity index (χ3n) is 3.98. The van der Waals surface area contributed by atoms with Crippen LogP contribution in [0.2, 0.25) is 0 Å². The number of carbonyl (C=O) groups is 2. The van der Waals surface area contributed by atoms with Gasteiger partial charge in [0.2, 0.25) is 0 Å². The minimum atomic E-state index is -0.617. The van der Waals surface area contributed by atoms with Gasteiger partial charge in [-0.1, -0.05) is 27.2 Å².